The Balaban J connectivity index is 2.61. The van der Waals surface area contributed by atoms with Crippen molar-refractivity contribution in [3.05, 3.63) is 47.0 Å². The highest BCUT2D eigenvalue weighted by Crippen LogP contribution is 2.07. The Labute approximate surface area is 80.8 Å². The lowest BCUT2D eigenvalue weighted by atomic mass is 10.3. The fourth-order valence-corrected chi connectivity index (χ4v) is 1.35. The third kappa shape index (κ3) is 1.35. The number of aromatic nitrogens is 2. The minimum Gasteiger partial charge on any atom is -0.416 e. The van der Waals surface area contributed by atoms with Crippen molar-refractivity contribution in [1.82, 2.24) is 9.55 Å². The smallest absolute Gasteiger partial charge is 0.416 e. The van der Waals surface area contributed by atoms with E-state index in [1.165, 1.54) is 6.26 Å². The van der Waals surface area contributed by atoms with E-state index in [-0.39, 0.29) is 5.76 Å². The van der Waals surface area contributed by atoms with Gasteiger partial charge in [0.25, 0.3) is 0 Å². The normalized spacial score (nSPS) is 10.4. The summed E-state index contributed by atoms with van der Waals surface area (Å²) in [5, 5.41) is 0. The van der Waals surface area contributed by atoms with Gasteiger partial charge in [-0.1, -0.05) is 6.92 Å². The molecule has 2 aromatic heterocycles. The molecule has 72 valence electrons. The second kappa shape index (κ2) is 3.49. The molecule has 14 heavy (non-hydrogen) atoms. The number of hydrogen-bond acceptors (Lipinski definition) is 3. The maximum absolute atomic E-state index is 11.4. The summed E-state index contributed by atoms with van der Waals surface area (Å²) in [7, 11) is 0. The molecule has 2 aromatic rings. The second-order valence-electron chi connectivity index (χ2n) is 2.89. The van der Waals surface area contributed by atoms with Gasteiger partial charge in [-0.15, -0.1) is 0 Å². The number of pyridine rings is 1. The van der Waals surface area contributed by atoms with Crippen molar-refractivity contribution in [1.29, 1.82) is 0 Å². The molecular formula is C10H10N2O2. The SMILES string of the molecule is CCc1coc(=O)n1-c1ccncc1. The zero-order valence-electron chi connectivity index (χ0n) is 7.80. The summed E-state index contributed by atoms with van der Waals surface area (Å²) in [6.45, 7) is 1.97. The molecule has 0 radical (unpaired) electrons. The largest absolute Gasteiger partial charge is 0.423 e. The average Bonchev–Trinajstić information content (AvgIpc) is 2.61. The molecule has 0 saturated carbocycles. The molecule has 0 atom stereocenters. The van der Waals surface area contributed by atoms with Crippen molar-refractivity contribution in [3.63, 3.8) is 0 Å². The van der Waals surface area contributed by atoms with E-state index in [1.807, 2.05) is 6.92 Å². The molecule has 0 spiro atoms. The van der Waals surface area contributed by atoms with Crippen LogP contribution in [0.4, 0.5) is 0 Å². The molecule has 0 aliphatic carbocycles. The lowest BCUT2D eigenvalue weighted by molar-refractivity contribution is 0.504. The van der Waals surface area contributed by atoms with Crippen LogP contribution in [0.15, 0.2) is 40.0 Å². The third-order valence-corrected chi connectivity index (χ3v) is 2.05. The van der Waals surface area contributed by atoms with Crippen LogP contribution in [0.1, 0.15) is 12.6 Å². The van der Waals surface area contributed by atoms with Crippen molar-refractivity contribution in [2.24, 2.45) is 0 Å². The Morgan fingerprint density at radius 3 is 2.79 bits per heavy atom. The van der Waals surface area contributed by atoms with Gasteiger partial charge in [-0.05, 0) is 18.6 Å². The van der Waals surface area contributed by atoms with E-state index in [1.54, 1.807) is 29.1 Å². The summed E-state index contributed by atoms with van der Waals surface area (Å²) in [5.41, 5.74) is 1.65. The molecule has 0 unspecified atom stereocenters. The van der Waals surface area contributed by atoms with E-state index < -0.39 is 0 Å². The van der Waals surface area contributed by atoms with Crippen molar-refractivity contribution in [3.8, 4) is 5.69 Å². The zero-order chi connectivity index (χ0) is 9.97. The van der Waals surface area contributed by atoms with Gasteiger partial charge in [0.1, 0.15) is 6.26 Å². The molecule has 0 amide bonds. The first kappa shape index (κ1) is 8.74. The summed E-state index contributed by atoms with van der Waals surface area (Å²) in [6.07, 6.45) is 5.54. The molecule has 2 heterocycles. The average molecular weight is 190 g/mol. The maximum atomic E-state index is 11.4. The van der Waals surface area contributed by atoms with Gasteiger partial charge >= 0.3 is 5.76 Å². The molecule has 0 N–H and O–H groups in total. The molecule has 0 aliphatic heterocycles. The Morgan fingerprint density at radius 1 is 1.43 bits per heavy atom. The van der Waals surface area contributed by atoms with Gasteiger partial charge < -0.3 is 4.42 Å². The molecule has 2 rings (SSSR count). The first-order valence-corrected chi connectivity index (χ1v) is 4.42. The van der Waals surface area contributed by atoms with E-state index in [9.17, 15) is 4.79 Å². The number of rotatable bonds is 2. The van der Waals surface area contributed by atoms with Gasteiger partial charge in [0.15, 0.2) is 0 Å². The molecular weight excluding hydrogens is 180 g/mol. The van der Waals surface area contributed by atoms with Gasteiger partial charge in [-0.3, -0.25) is 4.98 Å². The number of hydrogen-bond donors (Lipinski definition) is 0. The summed E-state index contributed by atoms with van der Waals surface area (Å²) in [5.74, 6) is -0.354. The minimum atomic E-state index is -0.354. The molecule has 0 fully saturated rings. The van der Waals surface area contributed by atoms with Crippen molar-refractivity contribution in [2.45, 2.75) is 13.3 Å². The van der Waals surface area contributed by atoms with Crippen LogP contribution < -0.4 is 5.76 Å². The molecule has 4 heteroatoms. The fourth-order valence-electron chi connectivity index (χ4n) is 1.35. The van der Waals surface area contributed by atoms with E-state index in [4.69, 9.17) is 4.42 Å². The molecule has 0 aromatic carbocycles. The van der Waals surface area contributed by atoms with Crippen molar-refractivity contribution in [2.75, 3.05) is 0 Å². The van der Waals surface area contributed by atoms with Crippen molar-refractivity contribution < 1.29 is 4.42 Å². The van der Waals surface area contributed by atoms with Crippen LogP contribution >= 0.6 is 0 Å². The van der Waals surface area contributed by atoms with E-state index in [2.05, 4.69) is 4.98 Å². The van der Waals surface area contributed by atoms with E-state index in [0.717, 1.165) is 17.8 Å². The maximum Gasteiger partial charge on any atom is 0.423 e. The van der Waals surface area contributed by atoms with Crippen LogP contribution in [0.2, 0.25) is 0 Å². The number of nitrogens with zero attached hydrogens (tertiary/aromatic N) is 2. The van der Waals surface area contributed by atoms with Gasteiger partial charge in [0.2, 0.25) is 0 Å². The van der Waals surface area contributed by atoms with Crippen LogP contribution in [0.3, 0.4) is 0 Å². The van der Waals surface area contributed by atoms with Crippen LogP contribution in [0, 0.1) is 0 Å². The monoisotopic (exact) mass is 190 g/mol. The Morgan fingerprint density at radius 2 is 2.14 bits per heavy atom. The Hall–Kier alpha value is -1.84. The fraction of sp³-hybridized carbons (Fsp3) is 0.200. The van der Waals surface area contributed by atoms with Crippen LogP contribution in [-0.4, -0.2) is 9.55 Å². The highest BCUT2D eigenvalue weighted by Gasteiger charge is 2.07. The first-order chi connectivity index (χ1) is 6.83. The quantitative estimate of drug-likeness (QED) is 0.718. The van der Waals surface area contributed by atoms with Crippen molar-refractivity contribution >= 4 is 0 Å². The van der Waals surface area contributed by atoms with E-state index in [0.29, 0.717) is 0 Å². The van der Waals surface area contributed by atoms with Gasteiger partial charge in [-0.25, -0.2) is 9.36 Å². The predicted molar refractivity (Wildman–Crippen MR) is 51.5 cm³/mol. The second-order valence-corrected chi connectivity index (χ2v) is 2.89. The zero-order valence-corrected chi connectivity index (χ0v) is 7.80. The molecule has 0 saturated heterocycles. The lowest BCUT2D eigenvalue weighted by Crippen LogP contribution is -2.14. The summed E-state index contributed by atoms with van der Waals surface area (Å²) in [4.78, 5) is 15.3. The highest BCUT2D eigenvalue weighted by molar-refractivity contribution is 5.30. The van der Waals surface area contributed by atoms with Gasteiger partial charge in [0, 0.05) is 12.4 Å². The topological polar surface area (TPSA) is 48.0 Å². The Kier molecular flexibility index (Phi) is 2.18. The van der Waals surface area contributed by atoms with Crippen LogP contribution in [0.25, 0.3) is 5.69 Å². The van der Waals surface area contributed by atoms with Crippen LogP contribution in [0.5, 0.6) is 0 Å². The van der Waals surface area contributed by atoms with Gasteiger partial charge in [0.05, 0.1) is 11.4 Å². The Bertz CT molecular complexity index is 470. The summed E-state index contributed by atoms with van der Waals surface area (Å²) in [6, 6.07) is 3.55. The lowest BCUT2D eigenvalue weighted by Gasteiger charge is -2.02. The highest BCUT2D eigenvalue weighted by atomic mass is 16.4. The van der Waals surface area contributed by atoms with Crippen LogP contribution in [-0.2, 0) is 6.42 Å². The summed E-state index contributed by atoms with van der Waals surface area (Å²) < 4.78 is 6.37. The molecule has 0 bridgehead atoms. The molecule has 4 nitrogen and oxygen atoms in total. The first-order valence-electron chi connectivity index (χ1n) is 4.42. The number of oxazole rings is 1. The van der Waals surface area contributed by atoms with E-state index >= 15 is 0 Å². The minimum absolute atomic E-state index is 0.354. The number of aryl methyl sites for hydroxylation is 1. The molecule has 0 aliphatic rings. The third-order valence-electron chi connectivity index (χ3n) is 2.05. The predicted octanol–water partition coefficient (Wildman–Crippen LogP) is 1.39. The standard InChI is InChI=1S/C10H10N2O2/c1-2-8-7-14-10(13)12(8)9-3-5-11-6-4-9/h3-7H,2H2,1H3. The summed E-state index contributed by atoms with van der Waals surface area (Å²) >= 11 is 0. The van der Waals surface area contributed by atoms with Gasteiger partial charge in [-0.2, -0.15) is 0 Å².